The number of anilines is 1. The Labute approximate surface area is 172 Å². The van der Waals surface area contributed by atoms with Crippen molar-refractivity contribution in [3.8, 4) is 0 Å². The number of pyridine rings is 1. The maximum Gasteiger partial charge on any atom is 0.222 e. The SMILES string of the molecule is O=C1CC[C@@]2(CCCN(c3ncnc4c3CCC4)C2)CN1CCc1ccccn1. The van der Waals surface area contributed by atoms with Crippen molar-refractivity contribution in [1.29, 1.82) is 0 Å². The second-order valence-electron chi connectivity index (χ2n) is 8.89. The van der Waals surface area contributed by atoms with Crippen LogP contribution in [-0.2, 0) is 24.1 Å². The van der Waals surface area contributed by atoms with Gasteiger partial charge >= 0.3 is 0 Å². The molecule has 5 rings (SSSR count). The van der Waals surface area contributed by atoms with Crippen LogP contribution in [0.15, 0.2) is 30.7 Å². The van der Waals surface area contributed by atoms with Crippen molar-refractivity contribution in [1.82, 2.24) is 19.9 Å². The predicted octanol–water partition coefficient (Wildman–Crippen LogP) is 2.81. The number of piperidine rings is 2. The Balaban J connectivity index is 1.31. The van der Waals surface area contributed by atoms with Crippen molar-refractivity contribution < 1.29 is 4.79 Å². The van der Waals surface area contributed by atoms with Crippen molar-refractivity contribution in [2.75, 3.05) is 31.1 Å². The maximum atomic E-state index is 12.6. The lowest BCUT2D eigenvalue weighted by Crippen LogP contribution is -2.54. The smallest absolute Gasteiger partial charge is 0.222 e. The largest absolute Gasteiger partial charge is 0.356 e. The Hall–Kier alpha value is -2.50. The van der Waals surface area contributed by atoms with Gasteiger partial charge in [0, 0.05) is 67.6 Å². The summed E-state index contributed by atoms with van der Waals surface area (Å²) in [6.07, 6.45) is 11.8. The highest BCUT2D eigenvalue weighted by Crippen LogP contribution is 2.41. The predicted molar refractivity (Wildman–Crippen MR) is 112 cm³/mol. The van der Waals surface area contributed by atoms with Gasteiger partial charge in [0.2, 0.25) is 5.91 Å². The number of rotatable bonds is 4. The quantitative estimate of drug-likeness (QED) is 0.802. The Kier molecular flexibility index (Phi) is 4.94. The van der Waals surface area contributed by atoms with Crippen LogP contribution in [0.4, 0.5) is 5.82 Å². The van der Waals surface area contributed by atoms with Crippen molar-refractivity contribution >= 4 is 11.7 Å². The van der Waals surface area contributed by atoms with E-state index in [0.29, 0.717) is 12.3 Å². The molecular formula is C23H29N5O. The van der Waals surface area contributed by atoms with Gasteiger partial charge in [0.1, 0.15) is 12.1 Å². The molecule has 2 fully saturated rings. The van der Waals surface area contributed by atoms with E-state index in [1.165, 1.54) is 30.5 Å². The van der Waals surface area contributed by atoms with Gasteiger partial charge in [-0.05, 0) is 50.7 Å². The molecule has 0 saturated carbocycles. The summed E-state index contributed by atoms with van der Waals surface area (Å²) in [6.45, 7) is 3.69. The number of nitrogens with zero attached hydrogens (tertiary/aromatic N) is 5. The van der Waals surface area contributed by atoms with Gasteiger partial charge in [-0.25, -0.2) is 9.97 Å². The summed E-state index contributed by atoms with van der Waals surface area (Å²) in [5.74, 6) is 1.45. The Morgan fingerprint density at radius 3 is 2.86 bits per heavy atom. The summed E-state index contributed by atoms with van der Waals surface area (Å²) in [7, 11) is 0. The molecule has 6 heteroatoms. The molecule has 0 unspecified atom stereocenters. The summed E-state index contributed by atoms with van der Waals surface area (Å²) in [6, 6.07) is 5.99. The number of amides is 1. The third-order valence-electron chi connectivity index (χ3n) is 6.93. The van der Waals surface area contributed by atoms with Gasteiger partial charge in [-0.15, -0.1) is 0 Å². The van der Waals surface area contributed by atoms with Crippen LogP contribution < -0.4 is 4.90 Å². The molecule has 2 aliphatic heterocycles. The van der Waals surface area contributed by atoms with Gasteiger partial charge in [-0.2, -0.15) is 0 Å². The number of aryl methyl sites for hydroxylation is 1. The zero-order valence-electron chi connectivity index (χ0n) is 17.0. The molecule has 6 nitrogen and oxygen atoms in total. The number of aromatic nitrogens is 3. The monoisotopic (exact) mass is 391 g/mol. The first-order valence-electron chi connectivity index (χ1n) is 11.0. The molecule has 1 spiro atoms. The highest BCUT2D eigenvalue weighted by molar-refractivity contribution is 5.77. The molecular weight excluding hydrogens is 362 g/mol. The van der Waals surface area contributed by atoms with E-state index in [9.17, 15) is 4.79 Å². The molecule has 2 aromatic heterocycles. The molecule has 2 saturated heterocycles. The van der Waals surface area contributed by atoms with Crippen LogP contribution in [0.1, 0.15) is 49.1 Å². The fraction of sp³-hybridized carbons (Fsp3) is 0.565. The molecule has 29 heavy (non-hydrogen) atoms. The molecule has 4 heterocycles. The molecule has 0 bridgehead atoms. The first-order valence-corrected chi connectivity index (χ1v) is 11.0. The standard InChI is InChI=1S/C23H29N5O/c29-21-8-11-23(15-27(21)14-9-18-5-1-2-12-24-18)10-4-13-28(16-23)22-19-6-3-7-20(19)25-17-26-22/h1-2,5,12,17H,3-4,6-11,13-16H2/t23-/m0/s1. The van der Waals surface area contributed by atoms with Gasteiger partial charge in [-0.1, -0.05) is 6.07 Å². The van der Waals surface area contributed by atoms with Crippen LogP contribution >= 0.6 is 0 Å². The van der Waals surface area contributed by atoms with Crippen molar-refractivity contribution in [2.45, 2.75) is 51.4 Å². The summed E-state index contributed by atoms with van der Waals surface area (Å²) in [5.41, 5.74) is 3.85. The molecule has 0 aromatic carbocycles. The highest BCUT2D eigenvalue weighted by Gasteiger charge is 2.42. The Morgan fingerprint density at radius 1 is 1.00 bits per heavy atom. The molecule has 0 radical (unpaired) electrons. The number of likely N-dealkylation sites (tertiary alicyclic amines) is 1. The van der Waals surface area contributed by atoms with E-state index >= 15 is 0 Å². The molecule has 2 aromatic rings. The minimum atomic E-state index is 0.187. The van der Waals surface area contributed by atoms with E-state index in [4.69, 9.17) is 0 Å². The second kappa shape index (κ2) is 7.73. The fourth-order valence-electron chi connectivity index (χ4n) is 5.44. The van der Waals surface area contributed by atoms with E-state index in [-0.39, 0.29) is 5.41 Å². The number of carbonyl (C=O) groups excluding carboxylic acids is 1. The molecule has 1 amide bonds. The maximum absolute atomic E-state index is 12.6. The average molecular weight is 392 g/mol. The Morgan fingerprint density at radius 2 is 1.97 bits per heavy atom. The van der Waals surface area contributed by atoms with Gasteiger partial charge in [0.25, 0.3) is 0 Å². The molecule has 152 valence electrons. The van der Waals surface area contributed by atoms with Crippen LogP contribution in [0.3, 0.4) is 0 Å². The summed E-state index contributed by atoms with van der Waals surface area (Å²) in [5, 5.41) is 0. The van der Waals surface area contributed by atoms with Crippen LogP contribution in [0, 0.1) is 5.41 Å². The van der Waals surface area contributed by atoms with Crippen molar-refractivity contribution in [3.63, 3.8) is 0 Å². The number of hydrogen-bond donors (Lipinski definition) is 0. The van der Waals surface area contributed by atoms with Crippen LogP contribution in [0.2, 0.25) is 0 Å². The summed E-state index contributed by atoms with van der Waals surface area (Å²) in [4.78, 5) is 30.8. The van der Waals surface area contributed by atoms with Crippen LogP contribution in [-0.4, -0.2) is 51.9 Å². The third kappa shape index (κ3) is 3.72. The lowest BCUT2D eigenvalue weighted by molar-refractivity contribution is -0.137. The van der Waals surface area contributed by atoms with E-state index < -0.39 is 0 Å². The minimum absolute atomic E-state index is 0.187. The molecule has 0 N–H and O–H groups in total. The van der Waals surface area contributed by atoms with E-state index in [2.05, 4.69) is 24.8 Å². The fourth-order valence-corrected chi connectivity index (χ4v) is 5.44. The van der Waals surface area contributed by atoms with E-state index in [0.717, 1.165) is 63.4 Å². The zero-order chi connectivity index (χ0) is 19.7. The van der Waals surface area contributed by atoms with Crippen LogP contribution in [0.25, 0.3) is 0 Å². The van der Waals surface area contributed by atoms with E-state index in [1.807, 2.05) is 24.4 Å². The van der Waals surface area contributed by atoms with Gasteiger partial charge in [0.15, 0.2) is 0 Å². The zero-order valence-corrected chi connectivity index (χ0v) is 17.0. The van der Waals surface area contributed by atoms with Crippen molar-refractivity contribution in [2.24, 2.45) is 5.41 Å². The van der Waals surface area contributed by atoms with Gasteiger partial charge < -0.3 is 9.80 Å². The topological polar surface area (TPSA) is 62.2 Å². The minimum Gasteiger partial charge on any atom is -0.356 e. The molecule has 3 aliphatic rings. The van der Waals surface area contributed by atoms with E-state index in [1.54, 1.807) is 6.33 Å². The number of hydrogen-bond acceptors (Lipinski definition) is 5. The number of carbonyl (C=O) groups is 1. The second-order valence-corrected chi connectivity index (χ2v) is 8.89. The summed E-state index contributed by atoms with van der Waals surface area (Å²) < 4.78 is 0. The molecule has 1 aliphatic carbocycles. The summed E-state index contributed by atoms with van der Waals surface area (Å²) >= 11 is 0. The lowest BCUT2D eigenvalue weighted by Gasteiger charge is -2.48. The van der Waals surface area contributed by atoms with Crippen LogP contribution in [0.5, 0.6) is 0 Å². The normalized spacial score (nSPS) is 24.2. The number of fused-ring (bicyclic) bond motifs is 1. The first kappa shape index (κ1) is 18.5. The first-order chi connectivity index (χ1) is 14.2. The van der Waals surface area contributed by atoms with Crippen molar-refractivity contribution in [3.05, 3.63) is 47.7 Å². The third-order valence-corrected chi connectivity index (χ3v) is 6.93. The highest BCUT2D eigenvalue weighted by atomic mass is 16.2. The Bertz CT molecular complexity index is 886. The molecule has 1 atom stereocenters. The lowest BCUT2D eigenvalue weighted by atomic mass is 9.73. The van der Waals surface area contributed by atoms with Gasteiger partial charge in [0.05, 0.1) is 0 Å². The van der Waals surface area contributed by atoms with Gasteiger partial charge in [-0.3, -0.25) is 9.78 Å². The average Bonchev–Trinajstić information content (AvgIpc) is 3.24.